The average molecular weight is 192 g/mol. The van der Waals surface area contributed by atoms with Crippen molar-refractivity contribution in [2.45, 2.75) is 25.8 Å². The van der Waals surface area contributed by atoms with E-state index in [1.165, 1.54) is 6.07 Å². The Balaban J connectivity index is 2.63. The Labute approximate surface area is 83.6 Å². The molecule has 0 saturated heterocycles. The molecule has 0 fully saturated rings. The lowest BCUT2D eigenvalue weighted by atomic mass is 10.1. The molecule has 0 aliphatic heterocycles. The normalized spacial score (nSPS) is 11.8. The molecule has 0 aliphatic rings. The summed E-state index contributed by atoms with van der Waals surface area (Å²) in [4.78, 5) is 3.70. The zero-order valence-electron chi connectivity index (χ0n) is 8.13. The predicted octanol–water partition coefficient (Wildman–Crippen LogP) is 2.43. The van der Waals surface area contributed by atoms with Crippen LogP contribution in [0.1, 0.15) is 19.8 Å². The minimum Gasteiger partial charge on any atom is -0.366 e. The molecule has 1 aromatic rings. The van der Waals surface area contributed by atoms with Gasteiger partial charge < -0.3 is 5.32 Å². The Kier molecular flexibility index (Phi) is 3.93. The Morgan fingerprint density at radius 1 is 1.64 bits per heavy atom. The van der Waals surface area contributed by atoms with Crippen LogP contribution in [0.25, 0.3) is 0 Å². The van der Waals surface area contributed by atoms with Crippen LogP contribution in [-0.2, 0) is 0 Å². The SMILES string of the molecule is C#CCC(CC)Nc1cccc(F)n1. The molecule has 0 aliphatic carbocycles. The number of anilines is 1. The van der Waals surface area contributed by atoms with Gasteiger partial charge in [0.05, 0.1) is 0 Å². The monoisotopic (exact) mass is 192 g/mol. The van der Waals surface area contributed by atoms with E-state index < -0.39 is 5.95 Å². The van der Waals surface area contributed by atoms with Gasteiger partial charge in [-0.3, -0.25) is 0 Å². The second kappa shape index (κ2) is 5.23. The maximum absolute atomic E-state index is 12.7. The summed E-state index contributed by atoms with van der Waals surface area (Å²) in [6.45, 7) is 2.02. The number of hydrogen-bond acceptors (Lipinski definition) is 2. The molecule has 1 heterocycles. The fourth-order valence-corrected chi connectivity index (χ4v) is 1.14. The van der Waals surface area contributed by atoms with Crippen LogP contribution in [-0.4, -0.2) is 11.0 Å². The summed E-state index contributed by atoms with van der Waals surface area (Å²) in [5.74, 6) is 2.62. The number of terminal acetylenes is 1. The van der Waals surface area contributed by atoms with Gasteiger partial charge in [-0.05, 0) is 18.6 Å². The minimum absolute atomic E-state index is 0.161. The van der Waals surface area contributed by atoms with Crippen molar-refractivity contribution in [3.05, 3.63) is 24.1 Å². The fraction of sp³-hybridized carbons (Fsp3) is 0.364. The first-order valence-electron chi connectivity index (χ1n) is 4.58. The molecule has 0 aromatic carbocycles. The lowest BCUT2D eigenvalue weighted by Crippen LogP contribution is -2.18. The molecule has 1 unspecified atom stereocenters. The van der Waals surface area contributed by atoms with E-state index in [9.17, 15) is 4.39 Å². The van der Waals surface area contributed by atoms with Gasteiger partial charge in [-0.1, -0.05) is 13.0 Å². The molecule has 1 rings (SSSR count). The van der Waals surface area contributed by atoms with Gasteiger partial charge >= 0.3 is 0 Å². The molecule has 14 heavy (non-hydrogen) atoms. The number of nitrogens with zero attached hydrogens (tertiary/aromatic N) is 1. The van der Waals surface area contributed by atoms with Gasteiger partial charge in [-0.15, -0.1) is 12.3 Å². The number of pyridine rings is 1. The highest BCUT2D eigenvalue weighted by Gasteiger charge is 2.04. The third-order valence-electron chi connectivity index (χ3n) is 1.92. The first kappa shape index (κ1) is 10.5. The van der Waals surface area contributed by atoms with E-state index in [-0.39, 0.29) is 6.04 Å². The predicted molar refractivity (Wildman–Crippen MR) is 55.3 cm³/mol. The zero-order valence-corrected chi connectivity index (χ0v) is 8.13. The summed E-state index contributed by atoms with van der Waals surface area (Å²) < 4.78 is 12.7. The van der Waals surface area contributed by atoms with E-state index in [1.807, 2.05) is 6.92 Å². The van der Waals surface area contributed by atoms with Crippen molar-refractivity contribution >= 4 is 5.82 Å². The van der Waals surface area contributed by atoms with Crippen LogP contribution in [0.2, 0.25) is 0 Å². The van der Waals surface area contributed by atoms with Gasteiger partial charge in [0.1, 0.15) is 5.82 Å². The van der Waals surface area contributed by atoms with Crippen molar-refractivity contribution in [2.24, 2.45) is 0 Å². The molecule has 1 aromatic heterocycles. The molecule has 2 nitrogen and oxygen atoms in total. The van der Waals surface area contributed by atoms with Crippen molar-refractivity contribution in [3.8, 4) is 12.3 Å². The van der Waals surface area contributed by atoms with Crippen LogP contribution >= 0.6 is 0 Å². The van der Waals surface area contributed by atoms with E-state index in [0.29, 0.717) is 12.2 Å². The Bertz CT molecular complexity index is 330. The highest BCUT2D eigenvalue weighted by Crippen LogP contribution is 2.08. The van der Waals surface area contributed by atoms with Crippen molar-refractivity contribution in [2.75, 3.05) is 5.32 Å². The van der Waals surface area contributed by atoms with Crippen LogP contribution in [0.15, 0.2) is 18.2 Å². The van der Waals surface area contributed by atoms with E-state index in [2.05, 4.69) is 16.2 Å². The van der Waals surface area contributed by atoms with Gasteiger partial charge in [0.25, 0.3) is 0 Å². The highest BCUT2D eigenvalue weighted by atomic mass is 19.1. The number of hydrogen-bond donors (Lipinski definition) is 1. The van der Waals surface area contributed by atoms with Gasteiger partial charge in [0.2, 0.25) is 5.95 Å². The first-order chi connectivity index (χ1) is 6.76. The van der Waals surface area contributed by atoms with Crippen LogP contribution in [0.5, 0.6) is 0 Å². The Morgan fingerprint density at radius 2 is 2.43 bits per heavy atom. The van der Waals surface area contributed by atoms with Crippen molar-refractivity contribution in [1.29, 1.82) is 0 Å². The van der Waals surface area contributed by atoms with Crippen LogP contribution in [0, 0.1) is 18.3 Å². The smallest absolute Gasteiger partial charge is 0.214 e. The number of halogens is 1. The average Bonchev–Trinajstić information content (AvgIpc) is 2.17. The van der Waals surface area contributed by atoms with Gasteiger partial charge in [0.15, 0.2) is 0 Å². The standard InChI is InChI=1S/C11H13FN2/c1-3-6-9(4-2)13-11-8-5-7-10(12)14-11/h1,5,7-9H,4,6H2,2H3,(H,13,14). The van der Waals surface area contributed by atoms with Crippen molar-refractivity contribution < 1.29 is 4.39 Å². The summed E-state index contributed by atoms with van der Waals surface area (Å²) in [7, 11) is 0. The molecule has 1 atom stereocenters. The van der Waals surface area contributed by atoms with Crippen LogP contribution in [0.4, 0.5) is 10.2 Å². The van der Waals surface area contributed by atoms with Crippen molar-refractivity contribution in [1.82, 2.24) is 4.98 Å². The third kappa shape index (κ3) is 3.06. The van der Waals surface area contributed by atoms with E-state index in [1.54, 1.807) is 12.1 Å². The highest BCUT2D eigenvalue weighted by molar-refractivity contribution is 5.35. The van der Waals surface area contributed by atoms with Gasteiger partial charge in [-0.2, -0.15) is 4.39 Å². The molecule has 74 valence electrons. The lowest BCUT2D eigenvalue weighted by Gasteiger charge is -2.14. The molecule has 0 radical (unpaired) electrons. The molecular formula is C11H13FN2. The molecular weight excluding hydrogens is 179 g/mol. The van der Waals surface area contributed by atoms with Crippen LogP contribution < -0.4 is 5.32 Å². The molecule has 0 amide bonds. The maximum atomic E-state index is 12.7. The number of aromatic nitrogens is 1. The molecule has 1 N–H and O–H groups in total. The molecule has 0 saturated carbocycles. The number of nitrogens with one attached hydrogen (secondary N) is 1. The van der Waals surface area contributed by atoms with E-state index in [4.69, 9.17) is 6.42 Å². The second-order valence-corrected chi connectivity index (χ2v) is 3.00. The fourth-order valence-electron chi connectivity index (χ4n) is 1.14. The Hall–Kier alpha value is -1.56. The van der Waals surface area contributed by atoms with Crippen molar-refractivity contribution in [3.63, 3.8) is 0 Å². The number of rotatable bonds is 4. The zero-order chi connectivity index (χ0) is 10.4. The summed E-state index contributed by atoms with van der Waals surface area (Å²) >= 11 is 0. The summed E-state index contributed by atoms with van der Waals surface area (Å²) in [6, 6.07) is 4.82. The van der Waals surface area contributed by atoms with Crippen LogP contribution in [0.3, 0.4) is 0 Å². The largest absolute Gasteiger partial charge is 0.366 e. The maximum Gasteiger partial charge on any atom is 0.214 e. The second-order valence-electron chi connectivity index (χ2n) is 3.00. The van der Waals surface area contributed by atoms with E-state index in [0.717, 1.165) is 6.42 Å². The topological polar surface area (TPSA) is 24.9 Å². The van der Waals surface area contributed by atoms with E-state index >= 15 is 0 Å². The van der Waals surface area contributed by atoms with Gasteiger partial charge in [0, 0.05) is 12.5 Å². The molecule has 0 bridgehead atoms. The minimum atomic E-state index is -0.481. The quantitative estimate of drug-likeness (QED) is 0.585. The molecule has 0 spiro atoms. The lowest BCUT2D eigenvalue weighted by molar-refractivity contribution is 0.583. The first-order valence-corrected chi connectivity index (χ1v) is 4.58. The summed E-state index contributed by atoms with van der Waals surface area (Å²) in [5, 5.41) is 3.08. The summed E-state index contributed by atoms with van der Waals surface area (Å²) in [5.41, 5.74) is 0. The Morgan fingerprint density at radius 3 is 3.00 bits per heavy atom. The van der Waals surface area contributed by atoms with Gasteiger partial charge in [-0.25, -0.2) is 4.98 Å². The summed E-state index contributed by atoms with van der Waals surface area (Å²) in [6.07, 6.45) is 6.72. The molecule has 3 heteroatoms. The third-order valence-corrected chi connectivity index (χ3v) is 1.92.